The summed E-state index contributed by atoms with van der Waals surface area (Å²) in [5.41, 5.74) is 2.05. The van der Waals surface area contributed by atoms with Crippen LogP contribution in [0.25, 0.3) is 10.9 Å². The van der Waals surface area contributed by atoms with Gasteiger partial charge in [-0.25, -0.2) is 9.97 Å². The van der Waals surface area contributed by atoms with Gasteiger partial charge < -0.3 is 14.6 Å². The van der Waals surface area contributed by atoms with E-state index in [-0.39, 0.29) is 6.10 Å². The Morgan fingerprint density at radius 3 is 2.70 bits per heavy atom. The summed E-state index contributed by atoms with van der Waals surface area (Å²) in [6.07, 6.45) is 4.37. The van der Waals surface area contributed by atoms with Crippen molar-refractivity contribution < 1.29 is 14.3 Å². The lowest BCUT2D eigenvalue weighted by molar-refractivity contribution is -0.128. The van der Waals surface area contributed by atoms with E-state index in [2.05, 4.69) is 15.0 Å². The summed E-state index contributed by atoms with van der Waals surface area (Å²) in [7, 11) is 0. The Morgan fingerprint density at radius 1 is 1.19 bits per heavy atom. The number of hydrogen-bond donors (Lipinski definition) is 1. The number of H-pyrrole nitrogens is 1. The number of aromatic amines is 1. The number of benzene rings is 1. The second kappa shape index (κ2) is 7.19. The summed E-state index contributed by atoms with van der Waals surface area (Å²) >= 11 is 0. The van der Waals surface area contributed by atoms with Crippen molar-refractivity contribution in [2.24, 2.45) is 0 Å². The highest BCUT2D eigenvalue weighted by molar-refractivity contribution is 6.45. The molecule has 1 fully saturated rings. The second-order valence-electron chi connectivity index (χ2n) is 6.66. The van der Waals surface area contributed by atoms with Gasteiger partial charge >= 0.3 is 0 Å². The average molecular weight is 364 g/mol. The summed E-state index contributed by atoms with van der Waals surface area (Å²) < 4.78 is 5.81. The second-order valence-corrected chi connectivity index (χ2v) is 6.66. The number of Topliss-reactive ketones (excluding diaryl/α,β-unsaturated/α-hetero) is 1. The Morgan fingerprint density at radius 2 is 1.96 bits per heavy atom. The number of carbonyl (C=O) groups excluding carboxylic acids is 2. The zero-order valence-corrected chi connectivity index (χ0v) is 15.0. The molecule has 7 nitrogen and oxygen atoms in total. The molecule has 0 unspecified atom stereocenters. The number of aromatic nitrogens is 3. The van der Waals surface area contributed by atoms with Crippen molar-refractivity contribution in [3.63, 3.8) is 0 Å². The van der Waals surface area contributed by atoms with Gasteiger partial charge in [0.1, 0.15) is 12.4 Å². The van der Waals surface area contributed by atoms with Gasteiger partial charge in [0.2, 0.25) is 5.88 Å². The third-order valence-electron chi connectivity index (χ3n) is 4.89. The molecule has 0 bridgehead atoms. The maximum Gasteiger partial charge on any atom is 0.295 e. The fourth-order valence-corrected chi connectivity index (χ4v) is 3.52. The molecule has 1 amide bonds. The summed E-state index contributed by atoms with van der Waals surface area (Å²) in [4.78, 5) is 38.3. The van der Waals surface area contributed by atoms with Crippen LogP contribution in [0.2, 0.25) is 0 Å². The van der Waals surface area contributed by atoms with E-state index < -0.39 is 11.7 Å². The Kier molecular flexibility index (Phi) is 4.58. The fraction of sp³-hybridized carbons (Fsp3) is 0.300. The molecule has 1 saturated heterocycles. The van der Waals surface area contributed by atoms with Gasteiger partial charge in [0.25, 0.3) is 11.7 Å². The predicted octanol–water partition coefficient (Wildman–Crippen LogP) is 2.52. The zero-order chi connectivity index (χ0) is 18.8. The van der Waals surface area contributed by atoms with Gasteiger partial charge in [-0.1, -0.05) is 18.2 Å². The molecular formula is C20H20N4O3. The quantitative estimate of drug-likeness (QED) is 0.568. The zero-order valence-electron chi connectivity index (χ0n) is 15.0. The number of hydrogen-bond acceptors (Lipinski definition) is 5. The van der Waals surface area contributed by atoms with Gasteiger partial charge in [0.05, 0.1) is 5.56 Å². The van der Waals surface area contributed by atoms with E-state index in [0.717, 1.165) is 16.6 Å². The predicted molar refractivity (Wildman–Crippen MR) is 99.6 cm³/mol. The maximum atomic E-state index is 12.9. The Balaban J connectivity index is 1.43. The van der Waals surface area contributed by atoms with Crippen LogP contribution in [0.3, 0.4) is 0 Å². The number of ketones is 1. The summed E-state index contributed by atoms with van der Waals surface area (Å²) in [6, 6.07) is 9.24. The molecule has 3 aromatic rings. The van der Waals surface area contributed by atoms with E-state index in [9.17, 15) is 9.59 Å². The van der Waals surface area contributed by atoms with Crippen LogP contribution in [-0.2, 0) is 4.79 Å². The molecule has 2 aromatic heterocycles. The van der Waals surface area contributed by atoms with Gasteiger partial charge in [-0.3, -0.25) is 9.59 Å². The van der Waals surface area contributed by atoms with Crippen molar-refractivity contribution in [2.45, 2.75) is 25.9 Å². The first kappa shape index (κ1) is 17.2. The van der Waals surface area contributed by atoms with E-state index >= 15 is 0 Å². The van der Waals surface area contributed by atoms with Crippen molar-refractivity contribution in [2.75, 3.05) is 13.1 Å². The van der Waals surface area contributed by atoms with Crippen molar-refractivity contribution >= 4 is 22.6 Å². The van der Waals surface area contributed by atoms with Crippen molar-refractivity contribution in [3.8, 4) is 5.88 Å². The first-order valence-electron chi connectivity index (χ1n) is 8.97. The molecule has 3 heterocycles. The highest BCUT2D eigenvalue weighted by Crippen LogP contribution is 2.24. The topological polar surface area (TPSA) is 88.2 Å². The molecule has 27 heavy (non-hydrogen) atoms. The monoisotopic (exact) mass is 364 g/mol. The van der Waals surface area contributed by atoms with Crippen LogP contribution in [0.4, 0.5) is 0 Å². The van der Waals surface area contributed by atoms with Crippen LogP contribution in [0, 0.1) is 6.92 Å². The minimum atomic E-state index is -0.458. The van der Waals surface area contributed by atoms with E-state index in [0.29, 0.717) is 37.4 Å². The number of para-hydroxylation sites is 1. The first-order valence-corrected chi connectivity index (χ1v) is 8.97. The number of nitrogens with one attached hydrogen (secondary N) is 1. The third kappa shape index (κ3) is 3.40. The molecule has 7 heteroatoms. The summed E-state index contributed by atoms with van der Waals surface area (Å²) in [5.74, 6) is -0.385. The number of ether oxygens (including phenoxy) is 1. The smallest absolute Gasteiger partial charge is 0.295 e. The minimum absolute atomic E-state index is 0.0196. The normalized spacial score (nSPS) is 15.1. The molecule has 1 N–H and O–H groups in total. The van der Waals surface area contributed by atoms with Gasteiger partial charge in [0, 0.05) is 54.8 Å². The largest absolute Gasteiger partial charge is 0.474 e. The van der Waals surface area contributed by atoms with Crippen LogP contribution in [-0.4, -0.2) is 50.7 Å². The van der Waals surface area contributed by atoms with E-state index in [1.54, 1.807) is 17.2 Å². The van der Waals surface area contributed by atoms with Gasteiger partial charge in [-0.15, -0.1) is 0 Å². The Bertz CT molecular complexity index is 975. The van der Waals surface area contributed by atoms with Gasteiger partial charge in [-0.2, -0.15) is 0 Å². The van der Waals surface area contributed by atoms with Crippen molar-refractivity contribution in [1.82, 2.24) is 19.9 Å². The van der Waals surface area contributed by atoms with E-state index in [1.165, 1.54) is 6.33 Å². The van der Waals surface area contributed by atoms with Gasteiger partial charge in [-0.05, 0) is 13.0 Å². The highest BCUT2D eigenvalue weighted by Gasteiger charge is 2.30. The number of nitrogens with zero attached hydrogens (tertiary/aromatic N) is 3. The number of likely N-dealkylation sites (tertiary alicyclic amines) is 1. The molecule has 0 saturated carbocycles. The summed E-state index contributed by atoms with van der Waals surface area (Å²) in [6.45, 7) is 2.80. The van der Waals surface area contributed by atoms with Crippen molar-refractivity contribution in [3.05, 3.63) is 54.1 Å². The molecule has 1 aliphatic rings. The summed E-state index contributed by atoms with van der Waals surface area (Å²) in [5, 5.41) is 0.787. The lowest BCUT2D eigenvalue weighted by atomic mass is 10.0. The average Bonchev–Trinajstić information content (AvgIpc) is 3.04. The first-order chi connectivity index (χ1) is 13.1. The lowest BCUT2D eigenvalue weighted by Crippen LogP contribution is -2.44. The molecule has 0 radical (unpaired) electrons. The van der Waals surface area contributed by atoms with Crippen LogP contribution in [0.15, 0.2) is 42.9 Å². The van der Waals surface area contributed by atoms with Crippen LogP contribution in [0.5, 0.6) is 5.88 Å². The molecule has 1 aromatic carbocycles. The maximum absolute atomic E-state index is 12.9. The van der Waals surface area contributed by atoms with Crippen LogP contribution < -0.4 is 4.74 Å². The molecule has 0 atom stereocenters. The van der Waals surface area contributed by atoms with Crippen LogP contribution >= 0.6 is 0 Å². The number of aryl methyl sites for hydroxylation is 1. The van der Waals surface area contributed by atoms with E-state index in [1.807, 2.05) is 31.2 Å². The van der Waals surface area contributed by atoms with E-state index in [4.69, 9.17) is 4.74 Å². The highest BCUT2D eigenvalue weighted by atomic mass is 16.5. The molecular weight excluding hydrogens is 344 g/mol. The lowest BCUT2D eigenvalue weighted by Gasteiger charge is -2.31. The van der Waals surface area contributed by atoms with Gasteiger partial charge in [0.15, 0.2) is 0 Å². The fourth-order valence-electron chi connectivity index (χ4n) is 3.52. The molecule has 0 spiro atoms. The Hall–Kier alpha value is -3.22. The number of rotatable bonds is 4. The molecule has 0 aliphatic carbocycles. The number of piperidine rings is 1. The van der Waals surface area contributed by atoms with Crippen molar-refractivity contribution in [1.29, 1.82) is 0 Å². The molecule has 138 valence electrons. The molecule has 4 rings (SSSR count). The number of carbonyl (C=O) groups is 2. The Labute approximate surface area is 156 Å². The van der Waals surface area contributed by atoms with Crippen LogP contribution in [0.1, 0.15) is 28.9 Å². The number of amides is 1. The third-order valence-corrected chi connectivity index (χ3v) is 4.89. The SMILES string of the molecule is Cc1[nH]c2ccccc2c1C(=O)C(=O)N1CCC(Oc2ccncn2)CC1. The standard InChI is InChI=1S/C20H20N4O3/c1-13-18(15-4-2-3-5-16(15)23-13)19(25)20(26)24-10-7-14(8-11-24)27-17-6-9-21-12-22-17/h2-6,9,12,14,23H,7-8,10-11H2,1H3. The molecule has 1 aliphatic heterocycles. The number of fused-ring (bicyclic) bond motifs is 1. The minimum Gasteiger partial charge on any atom is -0.474 e.